The number of nitrogens with one attached hydrogen (secondary N) is 1. The van der Waals surface area contributed by atoms with Crippen LogP contribution in [0.15, 0.2) is 71.2 Å². The minimum Gasteiger partial charge on any atom is -0.495 e. The highest BCUT2D eigenvalue weighted by Crippen LogP contribution is 2.36. The molecule has 1 N–H and O–H groups in total. The van der Waals surface area contributed by atoms with Gasteiger partial charge < -0.3 is 14.8 Å². The first kappa shape index (κ1) is 18.0. The number of methoxy groups -OCH3 is 2. The molecule has 0 radical (unpaired) electrons. The summed E-state index contributed by atoms with van der Waals surface area (Å²) in [6.07, 6.45) is 0. The van der Waals surface area contributed by atoms with Gasteiger partial charge in [0.1, 0.15) is 11.5 Å². The molecule has 0 atom stereocenters. The van der Waals surface area contributed by atoms with Crippen molar-refractivity contribution in [3.63, 3.8) is 0 Å². The van der Waals surface area contributed by atoms with Gasteiger partial charge in [0.2, 0.25) is 0 Å². The molecule has 0 aromatic heterocycles. The van der Waals surface area contributed by atoms with Crippen molar-refractivity contribution in [2.24, 2.45) is 0 Å². The van der Waals surface area contributed by atoms with Crippen molar-refractivity contribution in [2.75, 3.05) is 19.5 Å². The van der Waals surface area contributed by atoms with Gasteiger partial charge in [-0.2, -0.15) is 0 Å². The van der Waals surface area contributed by atoms with Crippen LogP contribution in [0.2, 0.25) is 0 Å². The molecule has 3 rings (SSSR count). The smallest absolute Gasteiger partial charge is 0.255 e. The van der Waals surface area contributed by atoms with Crippen LogP contribution >= 0.6 is 15.9 Å². The van der Waals surface area contributed by atoms with Gasteiger partial charge in [-0.05, 0) is 39.2 Å². The molecule has 0 heterocycles. The van der Waals surface area contributed by atoms with Gasteiger partial charge in [-0.3, -0.25) is 4.79 Å². The Labute approximate surface area is 160 Å². The van der Waals surface area contributed by atoms with Crippen LogP contribution in [-0.2, 0) is 0 Å². The number of rotatable bonds is 5. The zero-order valence-electron chi connectivity index (χ0n) is 14.5. The molecule has 3 aromatic carbocycles. The molecule has 0 saturated heterocycles. The average molecular weight is 412 g/mol. The van der Waals surface area contributed by atoms with Gasteiger partial charge in [0.25, 0.3) is 5.91 Å². The van der Waals surface area contributed by atoms with E-state index in [0.29, 0.717) is 22.7 Å². The summed E-state index contributed by atoms with van der Waals surface area (Å²) in [7, 11) is 3.12. The summed E-state index contributed by atoms with van der Waals surface area (Å²) in [5.74, 6) is 0.944. The zero-order chi connectivity index (χ0) is 18.5. The van der Waals surface area contributed by atoms with E-state index in [4.69, 9.17) is 9.47 Å². The molecule has 0 fully saturated rings. The summed E-state index contributed by atoms with van der Waals surface area (Å²) in [6, 6.07) is 21.0. The fourth-order valence-electron chi connectivity index (χ4n) is 2.60. The van der Waals surface area contributed by atoms with Gasteiger partial charge >= 0.3 is 0 Å². The molecule has 0 bridgehead atoms. The summed E-state index contributed by atoms with van der Waals surface area (Å²) in [5.41, 5.74) is 3.28. The number of amides is 1. The molecule has 4 nitrogen and oxygen atoms in total. The highest BCUT2D eigenvalue weighted by atomic mass is 79.9. The summed E-state index contributed by atoms with van der Waals surface area (Å²) in [5, 5.41) is 2.87. The number of benzene rings is 3. The summed E-state index contributed by atoms with van der Waals surface area (Å²) >= 11 is 3.41. The van der Waals surface area contributed by atoms with Crippen LogP contribution in [0.25, 0.3) is 11.1 Å². The lowest BCUT2D eigenvalue weighted by molar-refractivity contribution is 0.102. The van der Waals surface area contributed by atoms with E-state index in [2.05, 4.69) is 21.2 Å². The van der Waals surface area contributed by atoms with Gasteiger partial charge in [-0.1, -0.05) is 42.5 Å². The van der Waals surface area contributed by atoms with E-state index in [1.54, 1.807) is 38.5 Å². The van der Waals surface area contributed by atoms with Gasteiger partial charge in [0.05, 0.1) is 24.4 Å². The van der Waals surface area contributed by atoms with E-state index >= 15 is 0 Å². The molecule has 0 unspecified atom stereocenters. The van der Waals surface area contributed by atoms with E-state index in [1.807, 2.05) is 42.5 Å². The van der Waals surface area contributed by atoms with Crippen LogP contribution in [-0.4, -0.2) is 20.1 Å². The predicted molar refractivity (Wildman–Crippen MR) is 107 cm³/mol. The van der Waals surface area contributed by atoms with Crippen LogP contribution in [0.1, 0.15) is 10.4 Å². The lowest BCUT2D eigenvalue weighted by Crippen LogP contribution is -2.12. The van der Waals surface area contributed by atoms with Crippen molar-refractivity contribution in [3.05, 3.63) is 76.8 Å². The minimum atomic E-state index is -0.215. The van der Waals surface area contributed by atoms with Gasteiger partial charge in [-0.15, -0.1) is 0 Å². The number of anilines is 1. The highest BCUT2D eigenvalue weighted by Gasteiger charge is 2.13. The second-order valence-electron chi connectivity index (χ2n) is 5.58. The SMILES string of the molecule is COc1cc(NC(=O)c2ccc(-c3ccccc3)cc2)c(OC)cc1Br. The van der Waals surface area contributed by atoms with Crippen LogP contribution in [0.4, 0.5) is 5.69 Å². The Bertz CT molecular complexity index is 909. The average Bonchev–Trinajstić information content (AvgIpc) is 2.69. The number of hydrogen-bond acceptors (Lipinski definition) is 3. The summed E-state index contributed by atoms with van der Waals surface area (Å²) in [4.78, 5) is 12.6. The first-order chi connectivity index (χ1) is 12.6. The first-order valence-corrected chi connectivity index (χ1v) is 8.80. The molecule has 0 aliphatic carbocycles. The normalized spacial score (nSPS) is 10.3. The van der Waals surface area contributed by atoms with E-state index in [-0.39, 0.29) is 5.91 Å². The third-order valence-corrected chi connectivity index (χ3v) is 4.60. The lowest BCUT2D eigenvalue weighted by atomic mass is 10.0. The van der Waals surface area contributed by atoms with Crippen LogP contribution in [0, 0.1) is 0 Å². The van der Waals surface area contributed by atoms with E-state index < -0.39 is 0 Å². The lowest BCUT2D eigenvalue weighted by Gasteiger charge is -2.13. The van der Waals surface area contributed by atoms with Crippen molar-refractivity contribution in [1.82, 2.24) is 0 Å². The van der Waals surface area contributed by atoms with Crippen LogP contribution in [0.3, 0.4) is 0 Å². The van der Waals surface area contributed by atoms with Crippen LogP contribution < -0.4 is 14.8 Å². The Morgan fingerprint density at radius 3 is 2.08 bits per heavy atom. The molecular formula is C21H18BrNO3. The maximum Gasteiger partial charge on any atom is 0.255 e. The van der Waals surface area contributed by atoms with E-state index in [9.17, 15) is 4.79 Å². The molecule has 132 valence electrons. The number of carbonyl (C=O) groups is 1. The fourth-order valence-corrected chi connectivity index (χ4v) is 3.08. The second kappa shape index (κ2) is 8.06. The van der Waals surface area contributed by atoms with E-state index in [1.165, 1.54) is 0 Å². The Balaban J connectivity index is 1.82. The molecule has 26 heavy (non-hydrogen) atoms. The standard InChI is InChI=1S/C21H18BrNO3/c1-25-19-13-18(20(26-2)12-17(19)22)23-21(24)16-10-8-15(9-11-16)14-6-4-3-5-7-14/h3-13H,1-2H3,(H,23,24). The maximum absolute atomic E-state index is 12.6. The Hall–Kier alpha value is -2.79. The molecule has 1 amide bonds. The molecular weight excluding hydrogens is 394 g/mol. The summed E-state index contributed by atoms with van der Waals surface area (Å²) in [6.45, 7) is 0. The van der Waals surface area contributed by atoms with E-state index in [0.717, 1.165) is 15.6 Å². The van der Waals surface area contributed by atoms with Crippen molar-refractivity contribution >= 4 is 27.5 Å². The van der Waals surface area contributed by atoms with Gasteiger partial charge in [0.15, 0.2) is 0 Å². The third kappa shape index (κ3) is 3.89. The molecule has 3 aromatic rings. The zero-order valence-corrected chi connectivity index (χ0v) is 16.0. The monoisotopic (exact) mass is 411 g/mol. The third-order valence-electron chi connectivity index (χ3n) is 3.98. The van der Waals surface area contributed by atoms with Crippen molar-refractivity contribution in [2.45, 2.75) is 0 Å². The quantitative estimate of drug-likeness (QED) is 0.612. The van der Waals surface area contributed by atoms with Gasteiger partial charge in [-0.25, -0.2) is 0 Å². The Kier molecular flexibility index (Phi) is 5.58. The molecule has 0 aliphatic rings. The van der Waals surface area contributed by atoms with Gasteiger partial charge in [0, 0.05) is 17.7 Å². The number of halogens is 1. The van der Waals surface area contributed by atoms with Crippen molar-refractivity contribution < 1.29 is 14.3 Å². The largest absolute Gasteiger partial charge is 0.495 e. The fraction of sp³-hybridized carbons (Fsp3) is 0.0952. The molecule has 5 heteroatoms. The molecule has 0 spiro atoms. The second-order valence-corrected chi connectivity index (χ2v) is 6.44. The topological polar surface area (TPSA) is 47.6 Å². The predicted octanol–water partition coefficient (Wildman–Crippen LogP) is 5.39. The number of carbonyl (C=O) groups excluding carboxylic acids is 1. The Morgan fingerprint density at radius 2 is 1.46 bits per heavy atom. The first-order valence-electron chi connectivity index (χ1n) is 8.00. The van der Waals surface area contributed by atoms with Crippen LogP contribution in [0.5, 0.6) is 11.5 Å². The van der Waals surface area contributed by atoms with Crippen molar-refractivity contribution in [1.29, 1.82) is 0 Å². The maximum atomic E-state index is 12.6. The molecule has 0 saturated carbocycles. The Morgan fingerprint density at radius 1 is 0.846 bits per heavy atom. The minimum absolute atomic E-state index is 0.215. The molecule has 0 aliphatic heterocycles. The summed E-state index contributed by atoms with van der Waals surface area (Å²) < 4.78 is 11.4. The highest BCUT2D eigenvalue weighted by molar-refractivity contribution is 9.10. The number of ether oxygens (including phenoxy) is 2. The van der Waals surface area contributed by atoms with Crippen molar-refractivity contribution in [3.8, 4) is 22.6 Å². The number of hydrogen-bond donors (Lipinski definition) is 1.